The van der Waals surface area contributed by atoms with Gasteiger partial charge in [-0.25, -0.2) is 0 Å². The minimum Gasteiger partial charge on any atom is -0.497 e. The molecule has 0 aliphatic heterocycles. The zero-order valence-corrected chi connectivity index (χ0v) is 15.4. The van der Waals surface area contributed by atoms with Crippen LogP contribution in [0.3, 0.4) is 0 Å². The zero-order valence-electron chi connectivity index (χ0n) is 13.8. The first kappa shape index (κ1) is 17.6. The Morgan fingerprint density at radius 2 is 1.64 bits per heavy atom. The van der Waals surface area contributed by atoms with Gasteiger partial charge in [0, 0.05) is 0 Å². The molecular weight excluding hydrogens is 357 g/mol. The normalized spacial score (nSPS) is 12.0. The van der Waals surface area contributed by atoms with Crippen molar-refractivity contribution in [3.8, 4) is 5.75 Å². The van der Waals surface area contributed by atoms with Gasteiger partial charge in [-0.1, -0.05) is 53.5 Å². The smallest absolute Gasteiger partial charge is 0.231 e. The van der Waals surface area contributed by atoms with Crippen LogP contribution in [-0.4, -0.2) is 13.0 Å². The second kappa shape index (κ2) is 7.34. The van der Waals surface area contributed by atoms with Crippen LogP contribution in [0.4, 0.5) is 5.69 Å². The van der Waals surface area contributed by atoms with Gasteiger partial charge in [0.15, 0.2) is 0 Å². The Morgan fingerprint density at radius 3 is 2.32 bits per heavy atom. The van der Waals surface area contributed by atoms with E-state index in [9.17, 15) is 4.79 Å². The number of carbonyl (C=O) groups is 1. The largest absolute Gasteiger partial charge is 0.497 e. The molecule has 0 radical (unpaired) electrons. The molecule has 0 saturated heterocycles. The number of ether oxygens (including phenoxy) is 1. The number of halogens is 2. The monoisotopic (exact) mass is 373 g/mol. The maximum absolute atomic E-state index is 12.6. The van der Waals surface area contributed by atoms with Crippen molar-refractivity contribution in [3.63, 3.8) is 0 Å². The van der Waals surface area contributed by atoms with Gasteiger partial charge >= 0.3 is 0 Å². The molecule has 0 aliphatic carbocycles. The van der Waals surface area contributed by atoms with Crippen molar-refractivity contribution in [2.45, 2.75) is 12.8 Å². The molecule has 5 heteroatoms. The number of amides is 1. The topological polar surface area (TPSA) is 38.3 Å². The Morgan fingerprint density at radius 1 is 1.00 bits per heavy atom. The molecule has 1 atom stereocenters. The molecule has 0 bridgehead atoms. The Kier molecular flexibility index (Phi) is 5.16. The van der Waals surface area contributed by atoms with E-state index in [2.05, 4.69) is 5.32 Å². The van der Waals surface area contributed by atoms with Crippen LogP contribution in [0.1, 0.15) is 18.4 Å². The molecule has 3 aromatic rings. The van der Waals surface area contributed by atoms with Gasteiger partial charge in [0.2, 0.25) is 5.91 Å². The highest BCUT2D eigenvalue weighted by Crippen LogP contribution is 2.31. The summed E-state index contributed by atoms with van der Waals surface area (Å²) in [6, 6.07) is 16.9. The van der Waals surface area contributed by atoms with Crippen molar-refractivity contribution >= 4 is 45.6 Å². The average Bonchev–Trinajstić information content (AvgIpc) is 2.63. The van der Waals surface area contributed by atoms with Crippen LogP contribution in [0.2, 0.25) is 10.0 Å². The van der Waals surface area contributed by atoms with E-state index in [-0.39, 0.29) is 11.8 Å². The zero-order chi connectivity index (χ0) is 18.0. The van der Waals surface area contributed by atoms with Crippen molar-refractivity contribution < 1.29 is 9.53 Å². The summed E-state index contributed by atoms with van der Waals surface area (Å²) in [7, 11) is 1.64. The molecule has 0 heterocycles. The second-order valence-corrected chi connectivity index (χ2v) is 6.59. The van der Waals surface area contributed by atoms with E-state index < -0.39 is 0 Å². The fourth-order valence-corrected chi connectivity index (χ4v) is 3.13. The Hall–Kier alpha value is -2.23. The Balaban J connectivity index is 1.85. The molecule has 0 aliphatic rings. The maximum Gasteiger partial charge on any atom is 0.231 e. The molecule has 128 valence electrons. The third-order valence-corrected chi connectivity index (χ3v) is 4.81. The van der Waals surface area contributed by atoms with Crippen LogP contribution in [0.15, 0.2) is 54.6 Å². The van der Waals surface area contributed by atoms with Crippen LogP contribution >= 0.6 is 23.2 Å². The fraction of sp³-hybridized carbons (Fsp3) is 0.150. The molecule has 0 unspecified atom stereocenters. The summed E-state index contributed by atoms with van der Waals surface area (Å²) >= 11 is 12.2. The molecule has 1 amide bonds. The van der Waals surface area contributed by atoms with E-state index in [4.69, 9.17) is 27.9 Å². The predicted octanol–water partition coefficient (Wildman–Crippen LogP) is 5.90. The molecule has 3 rings (SSSR count). The number of hydrogen-bond donors (Lipinski definition) is 1. The Labute approximate surface area is 156 Å². The van der Waals surface area contributed by atoms with Gasteiger partial charge in [-0.15, -0.1) is 0 Å². The molecule has 3 nitrogen and oxygen atoms in total. The quantitative estimate of drug-likeness (QED) is 0.618. The lowest BCUT2D eigenvalue weighted by atomic mass is 9.97. The van der Waals surface area contributed by atoms with E-state index in [0.717, 1.165) is 22.1 Å². The van der Waals surface area contributed by atoms with Crippen LogP contribution < -0.4 is 10.1 Å². The summed E-state index contributed by atoms with van der Waals surface area (Å²) in [5, 5.41) is 5.76. The van der Waals surface area contributed by atoms with Crippen molar-refractivity contribution in [3.05, 3.63) is 70.2 Å². The standard InChI is InChI=1S/C20H17Cl2NO2/c1-12(20(24)23-19-17(21)4-3-5-18(19)22)13-6-7-15-11-16(25-2)9-8-14(15)10-13/h3-12H,1-2H3,(H,23,24)/t12-/m1/s1. The summed E-state index contributed by atoms with van der Waals surface area (Å²) in [4.78, 5) is 12.6. The third-order valence-electron chi connectivity index (χ3n) is 4.18. The van der Waals surface area contributed by atoms with Gasteiger partial charge < -0.3 is 10.1 Å². The first-order valence-electron chi connectivity index (χ1n) is 7.82. The number of benzene rings is 3. The van der Waals surface area contributed by atoms with Gasteiger partial charge in [-0.2, -0.15) is 0 Å². The van der Waals surface area contributed by atoms with E-state index >= 15 is 0 Å². The SMILES string of the molecule is COc1ccc2cc([C@@H](C)C(=O)Nc3c(Cl)cccc3Cl)ccc2c1. The molecule has 3 aromatic carbocycles. The number of nitrogens with one attached hydrogen (secondary N) is 1. The number of methoxy groups -OCH3 is 1. The lowest BCUT2D eigenvalue weighted by molar-refractivity contribution is -0.117. The van der Waals surface area contributed by atoms with E-state index in [1.807, 2.05) is 43.3 Å². The van der Waals surface area contributed by atoms with Crippen molar-refractivity contribution in [2.75, 3.05) is 12.4 Å². The molecule has 0 saturated carbocycles. The summed E-state index contributed by atoms with van der Waals surface area (Å²) in [5.41, 5.74) is 1.35. The van der Waals surface area contributed by atoms with Crippen LogP contribution in [0, 0.1) is 0 Å². The van der Waals surface area contributed by atoms with Gasteiger partial charge in [0.1, 0.15) is 5.75 Å². The summed E-state index contributed by atoms with van der Waals surface area (Å²) in [6.07, 6.45) is 0. The van der Waals surface area contributed by atoms with Crippen molar-refractivity contribution in [1.29, 1.82) is 0 Å². The van der Waals surface area contributed by atoms with Gasteiger partial charge in [0.25, 0.3) is 0 Å². The summed E-state index contributed by atoms with van der Waals surface area (Å²) in [5.74, 6) is 0.293. The first-order valence-corrected chi connectivity index (χ1v) is 8.58. The number of hydrogen-bond acceptors (Lipinski definition) is 2. The number of carbonyl (C=O) groups excluding carboxylic acids is 1. The van der Waals surface area contributed by atoms with Gasteiger partial charge in [-0.05, 0) is 47.5 Å². The highest BCUT2D eigenvalue weighted by atomic mass is 35.5. The number of para-hydroxylation sites is 1. The number of fused-ring (bicyclic) bond motifs is 1. The summed E-state index contributed by atoms with van der Waals surface area (Å²) in [6.45, 7) is 1.85. The minimum atomic E-state index is -0.348. The number of rotatable bonds is 4. The third kappa shape index (κ3) is 3.73. The molecule has 0 aromatic heterocycles. The Bertz CT molecular complexity index is 920. The molecule has 0 spiro atoms. The van der Waals surface area contributed by atoms with Crippen LogP contribution in [0.25, 0.3) is 10.8 Å². The van der Waals surface area contributed by atoms with E-state index in [0.29, 0.717) is 15.7 Å². The molecule has 1 N–H and O–H groups in total. The van der Waals surface area contributed by atoms with E-state index in [1.165, 1.54) is 0 Å². The summed E-state index contributed by atoms with van der Waals surface area (Å²) < 4.78 is 5.24. The lowest BCUT2D eigenvalue weighted by Gasteiger charge is -2.15. The lowest BCUT2D eigenvalue weighted by Crippen LogP contribution is -2.19. The molecule has 25 heavy (non-hydrogen) atoms. The van der Waals surface area contributed by atoms with Crippen LogP contribution in [0.5, 0.6) is 5.75 Å². The van der Waals surface area contributed by atoms with Crippen molar-refractivity contribution in [1.82, 2.24) is 0 Å². The van der Waals surface area contributed by atoms with Crippen LogP contribution in [-0.2, 0) is 4.79 Å². The van der Waals surface area contributed by atoms with Crippen molar-refractivity contribution in [2.24, 2.45) is 0 Å². The van der Waals surface area contributed by atoms with E-state index in [1.54, 1.807) is 25.3 Å². The first-order chi connectivity index (χ1) is 12.0. The predicted molar refractivity (Wildman–Crippen MR) is 104 cm³/mol. The molecular formula is C20H17Cl2NO2. The highest BCUT2D eigenvalue weighted by molar-refractivity contribution is 6.39. The second-order valence-electron chi connectivity index (χ2n) is 5.78. The fourth-order valence-electron chi connectivity index (χ4n) is 2.64. The average molecular weight is 374 g/mol. The van der Waals surface area contributed by atoms with Gasteiger partial charge in [0.05, 0.1) is 28.8 Å². The minimum absolute atomic E-state index is 0.164. The van der Waals surface area contributed by atoms with Gasteiger partial charge in [-0.3, -0.25) is 4.79 Å². The highest BCUT2D eigenvalue weighted by Gasteiger charge is 2.18. The maximum atomic E-state index is 12.6. The molecule has 0 fully saturated rings. The number of anilines is 1.